The fourth-order valence-corrected chi connectivity index (χ4v) is 4.09. The molecule has 1 amide bonds. The molecule has 0 bridgehead atoms. The number of aliphatic hydroxyl groups is 1. The number of rotatable bonds is 7. The average Bonchev–Trinajstić information content (AvgIpc) is 3.14. The first-order chi connectivity index (χ1) is 15.5. The smallest absolute Gasteiger partial charge is 0.407 e. The number of aliphatic carboxylic acids is 1. The number of methoxy groups -OCH3 is 1. The molecule has 7 heteroatoms. The number of alkyl carbamates (subject to hydrolysis) is 1. The number of fused-ring (bicyclic) bond motifs is 3. The van der Waals surface area contributed by atoms with E-state index in [0.717, 1.165) is 22.3 Å². The van der Waals surface area contributed by atoms with Crippen LogP contribution < -0.4 is 10.1 Å². The lowest BCUT2D eigenvalue weighted by molar-refractivity contribution is -0.148. The summed E-state index contributed by atoms with van der Waals surface area (Å²) in [6.07, 6.45) is -2.68. The van der Waals surface area contributed by atoms with Crippen LogP contribution in [0.15, 0.2) is 72.8 Å². The molecule has 4 rings (SSSR count). The number of amides is 1. The number of aliphatic hydroxyl groups excluding tert-OH is 1. The molecule has 3 N–H and O–H groups in total. The number of hydrogen-bond donors (Lipinski definition) is 3. The molecule has 1 aliphatic carbocycles. The van der Waals surface area contributed by atoms with Gasteiger partial charge in [-0.05, 0) is 39.9 Å². The van der Waals surface area contributed by atoms with Gasteiger partial charge >= 0.3 is 12.1 Å². The van der Waals surface area contributed by atoms with Crippen LogP contribution >= 0.6 is 0 Å². The van der Waals surface area contributed by atoms with E-state index in [1.807, 2.05) is 48.5 Å². The molecule has 0 aliphatic heterocycles. The van der Waals surface area contributed by atoms with E-state index < -0.39 is 24.2 Å². The maximum Gasteiger partial charge on any atom is 0.407 e. The van der Waals surface area contributed by atoms with E-state index in [0.29, 0.717) is 11.3 Å². The zero-order valence-electron chi connectivity index (χ0n) is 17.4. The van der Waals surface area contributed by atoms with Crippen molar-refractivity contribution in [1.29, 1.82) is 0 Å². The molecule has 2 atom stereocenters. The number of carboxylic acid groups (broad SMARTS) is 1. The summed E-state index contributed by atoms with van der Waals surface area (Å²) >= 11 is 0. The summed E-state index contributed by atoms with van der Waals surface area (Å²) in [6.45, 7) is 0.0772. The number of ether oxygens (including phenoxy) is 2. The number of carbonyl (C=O) groups is 2. The predicted octanol–water partition coefficient (Wildman–Crippen LogP) is 3.72. The van der Waals surface area contributed by atoms with E-state index >= 15 is 0 Å². The molecule has 0 saturated carbocycles. The lowest BCUT2D eigenvalue weighted by Crippen LogP contribution is -2.40. The van der Waals surface area contributed by atoms with Gasteiger partial charge in [-0.15, -0.1) is 0 Å². The SMILES string of the molecule is COc1cccc(C(NC(=O)OCC2c3ccccc3-c3ccccc32)C(O)C(=O)O)c1. The minimum atomic E-state index is -1.86. The summed E-state index contributed by atoms with van der Waals surface area (Å²) < 4.78 is 10.7. The molecule has 0 spiro atoms. The molecule has 1 aliphatic rings. The van der Waals surface area contributed by atoms with E-state index in [1.165, 1.54) is 7.11 Å². The topological polar surface area (TPSA) is 105 Å². The van der Waals surface area contributed by atoms with E-state index in [9.17, 15) is 19.8 Å². The van der Waals surface area contributed by atoms with Gasteiger partial charge in [0.1, 0.15) is 12.4 Å². The monoisotopic (exact) mass is 433 g/mol. The van der Waals surface area contributed by atoms with Crippen molar-refractivity contribution in [2.24, 2.45) is 0 Å². The molecule has 164 valence electrons. The van der Waals surface area contributed by atoms with Gasteiger partial charge < -0.3 is 25.0 Å². The van der Waals surface area contributed by atoms with E-state index in [1.54, 1.807) is 24.3 Å². The van der Waals surface area contributed by atoms with Gasteiger partial charge in [0, 0.05) is 5.92 Å². The van der Waals surface area contributed by atoms with Gasteiger partial charge in [0.15, 0.2) is 6.10 Å². The quantitative estimate of drug-likeness (QED) is 0.525. The van der Waals surface area contributed by atoms with Crippen molar-refractivity contribution in [1.82, 2.24) is 5.32 Å². The highest BCUT2D eigenvalue weighted by Crippen LogP contribution is 2.44. The van der Waals surface area contributed by atoms with Gasteiger partial charge in [0.2, 0.25) is 0 Å². The Balaban J connectivity index is 1.51. The van der Waals surface area contributed by atoms with Crippen LogP contribution in [0.1, 0.15) is 28.7 Å². The van der Waals surface area contributed by atoms with Crippen molar-refractivity contribution >= 4 is 12.1 Å². The number of nitrogens with one attached hydrogen (secondary N) is 1. The maximum absolute atomic E-state index is 12.6. The van der Waals surface area contributed by atoms with Crippen molar-refractivity contribution in [3.63, 3.8) is 0 Å². The molecule has 0 saturated heterocycles. The lowest BCUT2D eigenvalue weighted by Gasteiger charge is -2.23. The maximum atomic E-state index is 12.6. The summed E-state index contributed by atoms with van der Waals surface area (Å²) in [4.78, 5) is 24.0. The second kappa shape index (κ2) is 9.11. The van der Waals surface area contributed by atoms with Crippen LogP contribution in [0.3, 0.4) is 0 Å². The molecular formula is C25H23NO6. The molecule has 3 aromatic rings. The van der Waals surface area contributed by atoms with Gasteiger partial charge in [-0.2, -0.15) is 0 Å². The van der Waals surface area contributed by atoms with Crippen molar-refractivity contribution in [2.75, 3.05) is 13.7 Å². The number of carboxylic acids is 1. The Morgan fingerprint density at radius 2 is 1.59 bits per heavy atom. The van der Waals surface area contributed by atoms with Crippen LogP contribution in [0.2, 0.25) is 0 Å². The Morgan fingerprint density at radius 3 is 2.19 bits per heavy atom. The first-order valence-electron chi connectivity index (χ1n) is 10.2. The normalized spacial score (nSPS) is 14.1. The summed E-state index contributed by atoms with van der Waals surface area (Å²) in [5, 5.41) is 22.0. The van der Waals surface area contributed by atoms with Crippen molar-refractivity contribution in [3.05, 3.63) is 89.5 Å². The lowest BCUT2D eigenvalue weighted by atomic mass is 9.98. The van der Waals surface area contributed by atoms with Gasteiger partial charge in [0.25, 0.3) is 0 Å². The Kier molecular flexibility index (Phi) is 6.09. The first kappa shape index (κ1) is 21.4. The second-order valence-corrected chi connectivity index (χ2v) is 7.51. The van der Waals surface area contributed by atoms with Crippen molar-refractivity contribution in [2.45, 2.75) is 18.1 Å². The molecule has 0 heterocycles. The highest BCUT2D eigenvalue weighted by atomic mass is 16.5. The summed E-state index contributed by atoms with van der Waals surface area (Å²) in [5.41, 5.74) is 4.72. The standard InChI is InChI=1S/C25H23NO6/c1-31-16-8-6-7-15(13-16)22(23(27)24(28)29)26-25(30)32-14-21-19-11-4-2-9-17(19)18-10-3-5-12-20(18)21/h2-13,21-23,27H,14H2,1H3,(H,26,30)(H,28,29). The van der Waals surface area contributed by atoms with Gasteiger partial charge in [-0.25, -0.2) is 9.59 Å². The van der Waals surface area contributed by atoms with Crippen molar-refractivity contribution < 1.29 is 29.3 Å². The zero-order chi connectivity index (χ0) is 22.7. The fraction of sp³-hybridized carbons (Fsp3) is 0.200. The van der Waals surface area contributed by atoms with E-state index in [4.69, 9.17) is 9.47 Å². The summed E-state index contributed by atoms with van der Waals surface area (Å²) in [7, 11) is 1.47. The molecule has 0 aromatic heterocycles. The number of carbonyl (C=O) groups excluding carboxylic acids is 1. The summed E-state index contributed by atoms with van der Waals surface area (Å²) in [5.74, 6) is -1.12. The van der Waals surface area contributed by atoms with Crippen LogP contribution in [0.5, 0.6) is 5.75 Å². The molecule has 2 unspecified atom stereocenters. The Hall–Kier alpha value is -3.84. The molecule has 32 heavy (non-hydrogen) atoms. The highest BCUT2D eigenvalue weighted by molar-refractivity contribution is 5.79. The molecule has 3 aromatic carbocycles. The third-order valence-corrected chi connectivity index (χ3v) is 5.64. The van der Waals surface area contributed by atoms with E-state index in [-0.39, 0.29) is 12.5 Å². The largest absolute Gasteiger partial charge is 0.497 e. The third-order valence-electron chi connectivity index (χ3n) is 5.64. The Morgan fingerprint density at radius 1 is 0.969 bits per heavy atom. The average molecular weight is 433 g/mol. The van der Waals surface area contributed by atoms with Crippen LogP contribution in [-0.2, 0) is 9.53 Å². The third kappa shape index (κ3) is 4.15. The predicted molar refractivity (Wildman–Crippen MR) is 118 cm³/mol. The van der Waals surface area contributed by atoms with Gasteiger partial charge in [-0.1, -0.05) is 60.7 Å². The van der Waals surface area contributed by atoms with Crippen LogP contribution in [0.4, 0.5) is 4.79 Å². The minimum Gasteiger partial charge on any atom is -0.497 e. The van der Waals surface area contributed by atoms with Gasteiger partial charge in [-0.3, -0.25) is 0 Å². The minimum absolute atomic E-state index is 0.0772. The van der Waals surface area contributed by atoms with Crippen LogP contribution in [-0.4, -0.2) is 42.1 Å². The molecule has 0 radical (unpaired) electrons. The van der Waals surface area contributed by atoms with Crippen molar-refractivity contribution in [3.8, 4) is 16.9 Å². The molecular weight excluding hydrogens is 410 g/mol. The Labute approximate surface area is 185 Å². The Bertz CT molecular complexity index is 1100. The van der Waals surface area contributed by atoms with Gasteiger partial charge in [0.05, 0.1) is 13.2 Å². The van der Waals surface area contributed by atoms with Crippen LogP contribution in [0.25, 0.3) is 11.1 Å². The molecule has 7 nitrogen and oxygen atoms in total. The summed E-state index contributed by atoms with van der Waals surface area (Å²) in [6, 6.07) is 21.2. The number of benzene rings is 3. The van der Waals surface area contributed by atoms with Crippen LogP contribution in [0, 0.1) is 0 Å². The fourth-order valence-electron chi connectivity index (χ4n) is 4.09. The highest BCUT2D eigenvalue weighted by Gasteiger charge is 2.32. The second-order valence-electron chi connectivity index (χ2n) is 7.51. The first-order valence-corrected chi connectivity index (χ1v) is 10.2. The number of hydrogen-bond acceptors (Lipinski definition) is 5. The zero-order valence-corrected chi connectivity index (χ0v) is 17.4. The van der Waals surface area contributed by atoms with E-state index in [2.05, 4.69) is 5.32 Å². The molecule has 0 fully saturated rings.